The predicted octanol–water partition coefficient (Wildman–Crippen LogP) is 1.54. The summed E-state index contributed by atoms with van der Waals surface area (Å²) in [6.07, 6.45) is 6.25. The van der Waals surface area contributed by atoms with E-state index in [-0.39, 0.29) is 30.2 Å². The molecule has 0 aliphatic carbocycles. The van der Waals surface area contributed by atoms with Gasteiger partial charge in [-0.1, -0.05) is 12.8 Å². The van der Waals surface area contributed by atoms with E-state index in [4.69, 9.17) is 10.00 Å². The van der Waals surface area contributed by atoms with Gasteiger partial charge in [-0.3, -0.25) is 9.59 Å². The summed E-state index contributed by atoms with van der Waals surface area (Å²) in [6, 6.07) is 5.24. The van der Waals surface area contributed by atoms with Gasteiger partial charge in [0.15, 0.2) is 12.4 Å². The molecule has 2 rings (SSSR count). The first kappa shape index (κ1) is 16.1. The van der Waals surface area contributed by atoms with Crippen molar-refractivity contribution >= 4 is 5.91 Å². The van der Waals surface area contributed by atoms with Crippen LogP contribution in [0.2, 0.25) is 0 Å². The number of likely N-dealkylation sites (tertiary alicyclic amines) is 1. The van der Waals surface area contributed by atoms with Crippen LogP contribution < -0.4 is 10.3 Å². The zero-order valence-corrected chi connectivity index (χ0v) is 12.7. The molecule has 1 saturated heterocycles. The number of rotatable bonds is 5. The third kappa shape index (κ3) is 4.35. The average Bonchev–Trinajstić information content (AvgIpc) is 2.82. The van der Waals surface area contributed by atoms with Crippen LogP contribution in [-0.2, 0) is 11.3 Å². The number of aromatic nitrogens is 1. The van der Waals surface area contributed by atoms with E-state index < -0.39 is 0 Å². The fraction of sp³-hybridized carbons (Fsp3) is 0.562. The Morgan fingerprint density at radius 2 is 2.00 bits per heavy atom. The van der Waals surface area contributed by atoms with Crippen molar-refractivity contribution in [1.82, 2.24) is 9.47 Å². The molecule has 2 heterocycles. The summed E-state index contributed by atoms with van der Waals surface area (Å²) in [5.41, 5.74) is -0.304. The summed E-state index contributed by atoms with van der Waals surface area (Å²) < 4.78 is 6.83. The van der Waals surface area contributed by atoms with E-state index in [1.807, 2.05) is 11.0 Å². The van der Waals surface area contributed by atoms with Gasteiger partial charge in [-0.05, 0) is 25.0 Å². The van der Waals surface area contributed by atoms with Gasteiger partial charge < -0.3 is 14.2 Å². The van der Waals surface area contributed by atoms with Gasteiger partial charge in [-0.25, -0.2) is 0 Å². The molecule has 6 nitrogen and oxygen atoms in total. The van der Waals surface area contributed by atoms with Crippen molar-refractivity contribution in [2.45, 2.75) is 38.6 Å². The smallest absolute Gasteiger partial charge is 0.292 e. The standard InChI is InChI=1S/C16H21N3O3/c17-8-6-12-19-11-5-7-14(16(19)21)22-13-15(20)18-9-3-1-2-4-10-18/h5,7,11H,1-4,6,9-10,12-13H2. The fourth-order valence-corrected chi connectivity index (χ4v) is 2.52. The number of ether oxygens (including phenoxy) is 1. The Bertz CT molecular complexity index is 595. The molecular formula is C16H21N3O3. The summed E-state index contributed by atoms with van der Waals surface area (Å²) in [5, 5.41) is 8.58. The van der Waals surface area contributed by atoms with Gasteiger partial charge in [0, 0.05) is 25.8 Å². The highest BCUT2D eigenvalue weighted by Crippen LogP contribution is 2.10. The van der Waals surface area contributed by atoms with E-state index in [9.17, 15) is 9.59 Å². The maximum Gasteiger partial charge on any atom is 0.292 e. The first-order valence-electron chi connectivity index (χ1n) is 7.69. The van der Waals surface area contributed by atoms with Crippen LogP contribution in [0.25, 0.3) is 0 Å². The van der Waals surface area contributed by atoms with Crippen molar-refractivity contribution in [3.8, 4) is 11.8 Å². The number of carbonyl (C=O) groups is 1. The normalized spacial score (nSPS) is 15.0. The maximum absolute atomic E-state index is 12.1. The zero-order chi connectivity index (χ0) is 15.8. The predicted molar refractivity (Wildman–Crippen MR) is 81.5 cm³/mol. The topological polar surface area (TPSA) is 75.3 Å². The Kier molecular flexibility index (Phi) is 6.01. The molecule has 1 amide bonds. The summed E-state index contributed by atoms with van der Waals surface area (Å²) in [7, 11) is 0. The molecule has 0 N–H and O–H groups in total. The lowest BCUT2D eigenvalue weighted by Crippen LogP contribution is -2.36. The van der Waals surface area contributed by atoms with E-state index >= 15 is 0 Å². The molecule has 0 spiro atoms. The Balaban J connectivity index is 1.94. The number of hydrogen-bond donors (Lipinski definition) is 0. The molecule has 22 heavy (non-hydrogen) atoms. The van der Waals surface area contributed by atoms with Crippen LogP contribution in [0.5, 0.6) is 5.75 Å². The van der Waals surface area contributed by atoms with Crippen molar-refractivity contribution in [3.63, 3.8) is 0 Å². The van der Waals surface area contributed by atoms with Crippen LogP contribution in [-0.4, -0.2) is 35.1 Å². The number of hydrogen-bond acceptors (Lipinski definition) is 4. The summed E-state index contributed by atoms with van der Waals surface area (Å²) in [6.45, 7) is 1.75. The van der Waals surface area contributed by atoms with E-state index in [0.29, 0.717) is 6.54 Å². The molecular weight excluding hydrogens is 282 g/mol. The minimum absolute atomic E-state index is 0.0753. The number of aryl methyl sites for hydroxylation is 1. The second-order valence-electron chi connectivity index (χ2n) is 5.36. The molecule has 0 unspecified atom stereocenters. The lowest BCUT2D eigenvalue weighted by Gasteiger charge is -2.20. The van der Waals surface area contributed by atoms with Crippen LogP contribution in [0.15, 0.2) is 23.1 Å². The van der Waals surface area contributed by atoms with E-state index in [1.165, 1.54) is 4.57 Å². The number of nitriles is 1. The fourth-order valence-electron chi connectivity index (χ4n) is 2.52. The van der Waals surface area contributed by atoms with Crippen molar-refractivity contribution in [2.75, 3.05) is 19.7 Å². The largest absolute Gasteiger partial charge is 0.478 e. The molecule has 0 saturated carbocycles. The van der Waals surface area contributed by atoms with E-state index in [0.717, 1.165) is 38.8 Å². The minimum Gasteiger partial charge on any atom is -0.478 e. The lowest BCUT2D eigenvalue weighted by molar-refractivity contribution is -0.133. The average molecular weight is 303 g/mol. The molecule has 1 aliphatic heterocycles. The number of pyridine rings is 1. The van der Waals surface area contributed by atoms with Crippen molar-refractivity contribution in [1.29, 1.82) is 5.26 Å². The monoisotopic (exact) mass is 303 g/mol. The Labute approximate surface area is 129 Å². The van der Waals surface area contributed by atoms with Gasteiger partial charge in [0.2, 0.25) is 0 Å². The first-order valence-corrected chi connectivity index (χ1v) is 7.69. The van der Waals surface area contributed by atoms with E-state index in [2.05, 4.69) is 0 Å². The summed E-state index contributed by atoms with van der Waals surface area (Å²) in [4.78, 5) is 26.1. The lowest BCUT2D eigenvalue weighted by atomic mass is 10.2. The third-order valence-corrected chi connectivity index (χ3v) is 3.76. The number of amides is 1. The highest BCUT2D eigenvalue weighted by molar-refractivity contribution is 5.77. The van der Waals surface area contributed by atoms with Crippen LogP contribution in [0.4, 0.5) is 0 Å². The molecule has 1 aromatic heterocycles. The summed E-state index contributed by atoms with van der Waals surface area (Å²) >= 11 is 0. The molecule has 1 fully saturated rings. The first-order chi connectivity index (χ1) is 10.7. The van der Waals surface area contributed by atoms with Gasteiger partial charge in [0.1, 0.15) is 0 Å². The number of nitrogens with zero attached hydrogens (tertiary/aromatic N) is 3. The molecule has 0 aromatic carbocycles. The SMILES string of the molecule is N#CCCn1cccc(OCC(=O)N2CCCCCC2)c1=O. The van der Waals surface area contributed by atoms with Crippen molar-refractivity contribution in [3.05, 3.63) is 28.7 Å². The second kappa shape index (κ2) is 8.23. The Morgan fingerprint density at radius 3 is 2.68 bits per heavy atom. The van der Waals surface area contributed by atoms with Gasteiger partial charge in [-0.2, -0.15) is 5.26 Å². The van der Waals surface area contributed by atoms with Crippen molar-refractivity contribution < 1.29 is 9.53 Å². The molecule has 0 radical (unpaired) electrons. The molecule has 0 bridgehead atoms. The Hall–Kier alpha value is -2.29. The second-order valence-corrected chi connectivity index (χ2v) is 5.36. The van der Waals surface area contributed by atoms with Gasteiger partial charge >= 0.3 is 0 Å². The maximum atomic E-state index is 12.1. The zero-order valence-electron chi connectivity index (χ0n) is 12.7. The third-order valence-electron chi connectivity index (χ3n) is 3.76. The van der Waals surface area contributed by atoms with E-state index in [1.54, 1.807) is 18.3 Å². The van der Waals surface area contributed by atoms with Crippen LogP contribution in [0.1, 0.15) is 32.1 Å². The van der Waals surface area contributed by atoms with Crippen LogP contribution in [0.3, 0.4) is 0 Å². The number of carbonyl (C=O) groups excluding carboxylic acids is 1. The van der Waals surface area contributed by atoms with Crippen LogP contribution in [0, 0.1) is 11.3 Å². The highest BCUT2D eigenvalue weighted by Gasteiger charge is 2.16. The van der Waals surface area contributed by atoms with Gasteiger partial charge in [0.05, 0.1) is 12.5 Å². The molecule has 0 atom stereocenters. The molecule has 6 heteroatoms. The van der Waals surface area contributed by atoms with Crippen molar-refractivity contribution in [2.24, 2.45) is 0 Å². The summed E-state index contributed by atoms with van der Waals surface area (Å²) in [5.74, 6) is 0.0809. The van der Waals surface area contributed by atoms with Gasteiger partial charge in [-0.15, -0.1) is 0 Å². The molecule has 1 aliphatic rings. The quantitative estimate of drug-likeness (QED) is 0.827. The molecule has 1 aromatic rings. The van der Waals surface area contributed by atoms with Crippen LogP contribution >= 0.6 is 0 Å². The Morgan fingerprint density at radius 1 is 1.27 bits per heavy atom. The highest BCUT2D eigenvalue weighted by atomic mass is 16.5. The minimum atomic E-state index is -0.304. The molecule has 118 valence electrons. The van der Waals surface area contributed by atoms with Gasteiger partial charge in [0.25, 0.3) is 11.5 Å².